The van der Waals surface area contributed by atoms with Crippen molar-refractivity contribution in [1.82, 2.24) is 4.31 Å². The summed E-state index contributed by atoms with van der Waals surface area (Å²) in [4.78, 5) is -0.0254. The van der Waals surface area contributed by atoms with E-state index in [0.717, 1.165) is 12.8 Å². The number of hydrogen-bond donors (Lipinski definition) is 1. The van der Waals surface area contributed by atoms with E-state index in [2.05, 4.69) is 0 Å². The number of aliphatic hydroxyl groups is 1. The maximum Gasteiger partial charge on any atom is 0.244 e. The lowest BCUT2D eigenvalue weighted by Crippen LogP contribution is -2.28. The van der Waals surface area contributed by atoms with E-state index in [1.807, 2.05) is 0 Å². The topological polar surface area (TPSA) is 57.6 Å². The predicted molar refractivity (Wildman–Crippen MR) is 70.4 cm³/mol. The van der Waals surface area contributed by atoms with Crippen LogP contribution in [0, 0.1) is 0 Å². The SMILES string of the molecule is O=S(=O)(c1cc(Cl)cc(CO)c1Cl)N1CCCC1. The third kappa shape index (κ3) is 2.51. The molecular weight excluding hydrogens is 297 g/mol. The van der Waals surface area contributed by atoms with E-state index in [1.165, 1.54) is 16.4 Å². The Labute approximate surface area is 116 Å². The summed E-state index contributed by atoms with van der Waals surface area (Å²) in [5.41, 5.74) is 0.321. The third-order valence-electron chi connectivity index (χ3n) is 2.93. The quantitative estimate of drug-likeness (QED) is 0.932. The third-order valence-corrected chi connectivity index (χ3v) is 5.63. The second-order valence-electron chi connectivity index (χ2n) is 4.15. The minimum absolute atomic E-state index is 0.0254. The first kappa shape index (κ1) is 14.1. The number of halogens is 2. The van der Waals surface area contributed by atoms with Crippen LogP contribution in [0.4, 0.5) is 0 Å². The van der Waals surface area contributed by atoms with E-state index < -0.39 is 10.0 Å². The van der Waals surface area contributed by atoms with Gasteiger partial charge in [-0.15, -0.1) is 0 Å². The average molecular weight is 310 g/mol. The molecule has 1 fully saturated rings. The number of nitrogens with zero attached hydrogens (tertiary/aromatic N) is 1. The summed E-state index contributed by atoms with van der Waals surface area (Å²) < 4.78 is 26.1. The summed E-state index contributed by atoms with van der Waals surface area (Å²) in [6.07, 6.45) is 1.70. The van der Waals surface area contributed by atoms with Crippen LogP contribution in [0.5, 0.6) is 0 Å². The van der Waals surface area contributed by atoms with Gasteiger partial charge in [0.15, 0.2) is 0 Å². The van der Waals surface area contributed by atoms with E-state index in [-0.39, 0.29) is 21.5 Å². The Hall–Kier alpha value is -0.330. The van der Waals surface area contributed by atoms with Crippen molar-refractivity contribution in [2.24, 2.45) is 0 Å². The molecule has 0 radical (unpaired) electrons. The summed E-state index contributed by atoms with van der Waals surface area (Å²) in [7, 11) is -3.62. The van der Waals surface area contributed by atoms with Crippen molar-refractivity contribution < 1.29 is 13.5 Å². The first-order valence-electron chi connectivity index (χ1n) is 5.55. The average Bonchev–Trinajstić information content (AvgIpc) is 2.85. The summed E-state index contributed by atoms with van der Waals surface area (Å²) >= 11 is 11.9. The Morgan fingerprint density at radius 2 is 1.83 bits per heavy atom. The molecule has 4 nitrogen and oxygen atoms in total. The Morgan fingerprint density at radius 3 is 2.39 bits per heavy atom. The number of hydrogen-bond acceptors (Lipinski definition) is 3. The van der Waals surface area contributed by atoms with Crippen molar-refractivity contribution >= 4 is 33.2 Å². The molecule has 1 aliphatic heterocycles. The molecule has 7 heteroatoms. The molecule has 2 rings (SSSR count). The molecule has 0 amide bonds. The Morgan fingerprint density at radius 1 is 1.22 bits per heavy atom. The van der Waals surface area contributed by atoms with Crippen LogP contribution in [-0.2, 0) is 16.6 Å². The van der Waals surface area contributed by atoms with Gasteiger partial charge in [-0.25, -0.2) is 8.42 Å². The van der Waals surface area contributed by atoms with Crippen LogP contribution in [0.2, 0.25) is 10.0 Å². The van der Waals surface area contributed by atoms with E-state index in [4.69, 9.17) is 28.3 Å². The zero-order valence-electron chi connectivity index (χ0n) is 9.57. The van der Waals surface area contributed by atoms with Crippen LogP contribution in [0.3, 0.4) is 0 Å². The molecule has 1 N–H and O–H groups in total. The van der Waals surface area contributed by atoms with Gasteiger partial charge in [0.2, 0.25) is 10.0 Å². The monoisotopic (exact) mass is 309 g/mol. The highest BCUT2D eigenvalue weighted by molar-refractivity contribution is 7.89. The van der Waals surface area contributed by atoms with Gasteiger partial charge in [-0.05, 0) is 30.5 Å². The van der Waals surface area contributed by atoms with Crippen LogP contribution < -0.4 is 0 Å². The minimum Gasteiger partial charge on any atom is -0.392 e. The van der Waals surface area contributed by atoms with Gasteiger partial charge in [-0.3, -0.25) is 0 Å². The van der Waals surface area contributed by atoms with Crippen molar-refractivity contribution in [3.63, 3.8) is 0 Å². The maximum absolute atomic E-state index is 12.4. The molecule has 1 aromatic rings. The Bertz CT molecular complexity index is 554. The van der Waals surface area contributed by atoms with Gasteiger partial charge in [-0.1, -0.05) is 23.2 Å². The second kappa shape index (κ2) is 5.35. The van der Waals surface area contributed by atoms with Crippen molar-refractivity contribution in [2.75, 3.05) is 13.1 Å². The lowest BCUT2D eigenvalue weighted by Gasteiger charge is -2.17. The fourth-order valence-corrected chi connectivity index (χ4v) is 4.41. The molecule has 0 aliphatic carbocycles. The molecule has 0 atom stereocenters. The van der Waals surface area contributed by atoms with Crippen LogP contribution in [0.15, 0.2) is 17.0 Å². The van der Waals surface area contributed by atoms with E-state index >= 15 is 0 Å². The van der Waals surface area contributed by atoms with Crippen molar-refractivity contribution in [1.29, 1.82) is 0 Å². The minimum atomic E-state index is -3.62. The molecule has 0 saturated carbocycles. The molecule has 100 valence electrons. The smallest absolute Gasteiger partial charge is 0.244 e. The van der Waals surface area contributed by atoms with Crippen LogP contribution >= 0.6 is 23.2 Å². The zero-order chi connectivity index (χ0) is 13.3. The van der Waals surface area contributed by atoms with Gasteiger partial charge < -0.3 is 5.11 Å². The lowest BCUT2D eigenvalue weighted by molar-refractivity contribution is 0.281. The van der Waals surface area contributed by atoms with E-state index in [9.17, 15) is 8.42 Å². The van der Waals surface area contributed by atoms with Crippen molar-refractivity contribution in [3.05, 3.63) is 27.7 Å². The molecule has 1 aliphatic rings. The number of rotatable bonds is 3. The molecule has 0 bridgehead atoms. The highest BCUT2D eigenvalue weighted by Crippen LogP contribution is 2.32. The molecule has 0 unspecified atom stereocenters. The largest absolute Gasteiger partial charge is 0.392 e. The van der Waals surface area contributed by atoms with Gasteiger partial charge in [0.1, 0.15) is 4.90 Å². The fourth-order valence-electron chi connectivity index (χ4n) is 1.99. The van der Waals surface area contributed by atoms with Gasteiger partial charge in [0.05, 0.1) is 11.6 Å². The molecule has 1 heterocycles. The first-order chi connectivity index (χ1) is 8.46. The molecule has 0 aromatic heterocycles. The number of aliphatic hydroxyl groups excluding tert-OH is 1. The summed E-state index contributed by atoms with van der Waals surface area (Å²) in [5, 5.41) is 9.45. The van der Waals surface area contributed by atoms with Crippen LogP contribution in [-0.4, -0.2) is 30.9 Å². The van der Waals surface area contributed by atoms with Crippen molar-refractivity contribution in [2.45, 2.75) is 24.3 Å². The molecular formula is C11H13Cl2NO3S. The van der Waals surface area contributed by atoms with Crippen LogP contribution in [0.1, 0.15) is 18.4 Å². The van der Waals surface area contributed by atoms with E-state index in [0.29, 0.717) is 18.7 Å². The Kier molecular flexibility index (Phi) is 4.18. The first-order valence-corrected chi connectivity index (χ1v) is 7.75. The molecule has 1 aromatic carbocycles. The predicted octanol–water partition coefficient (Wildman–Crippen LogP) is 2.27. The standard InChI is InChI=1S/C11H13Cl2NO3S/c12-9-5-8(7-15)11(13)10(6-9)18(16,17)14-3-1-2-4-14/h5-6,15H,1-4,7H2. The summed E-state index contributed by atoms with van der Waals surface area (Å²) in [6.45, 7) is 0.654. The molecule has 1 saturated heterocycles. The van der Waals surface area contributed by atoms with Gasteiger partial charge >= 0.3 is 0 Å². The molecule has 18 heavy (non-hydrogen) atoms. The maximum atomic E-state index is 12.4. The van der Waals surface area contributed by atoms with Gasteiger partial charge in [-0.2, -0.15) is 4.31 Å². The lowest BCUT2D eigenvalue weighted by atomic mass is 10.2. The van der Waals surface area contributed by atoms with Gasteiger partial charge in [0, 0.05) is 18.1 Å². The zero-order valence-corrected chi connectivity index (χ0v) is 11.9. The number of sulfonamides is 1. The van der Waals surface area contributed by atoms with Crippen molar-refractivity contribution in [3.8, 4) is 0 Å². The summed E-state index contributed by atoms with van der Waals surface area (Å²) in [5.74, 6) is 0. The number of benzene rings is 1. The van der Waals surface area contributed by atoms with Gasteiger partial charge in [0.25, 0.3) is 0 Å². The normalized spacial score (nSPS) is 17.3. The Balaban J connectivity index is 2.53. The van der Waals surface area contributed by atoms with Crippen LogP contribution in [0.25, 0.3) is 0 Å². The second-order valence-corrected chi connectivity index (χ2v) is 6.87. The highest BCUT2D eigenvalue weighted by Gasteiger charge is 2.30. The molecule has 0 spiro atoms. The fraction of sp³-hybridized carbons (Fsp3) is 0.455. The highest BCUT2D eigenvalue weighted by atomic mass is 35.5. The van der Waals surface area contributed by atoms with E-state index in [1.54, 1.807) is 0 Å². The summed E-state index contributed by atoms with van der Waals surface area (Å²) in [6, 6.07) is 2.80.